The molecule has 0 aliphatic carbocycles. The summed E-state index contributed by atoms with van der Waals surface area (Å²) < 4.78 is 45.1. The smallest absolute Gasteiger partial charge is 0.165 e. The Morgan fingerprint density at radius 2 is 1.86 bits per heavy atom. The van der Waals surface area contributed by atoms with Crippen LogP contribution in [0.3, 0.4) is 0 Å². The van der Waals surface area contributed by atoms with E-state index in [4.69, 9.17) is 10.6 Å². The fourth-order valence-corrected chi connectivity index (χ4v) is 2.08. The van der Waals surface area contributed by atoms with Crippen molar-refractivity contribution in [3.63, 3.8) is 0 Å². The maximum Gasteiger partial charge on any atom is 0.165 e. The van der Waals surface area contributed by atoms with Crippen molar-refractivity contribution in [2.45, 2.75) is 12.5 Å². The van der Waals surface area contributed by atoms with Crippen molar-refractivity contribution in [1.29, 1.82) is 0 Å². The van der Waals surface area contributed by atoms with E-state index in [9.17, 15) is 13.2 Å². The van der Waals surface area contributed by atoms with Crippen LogP contribution in [0.2, 0.25) is 0 Å². The summed E-state index contributed by atoms with van der Waals surface area (Å²) in [4.78, 5) is 0. The lowest BCUT2D eigenvalue weighted by Gasteiger charge is -2.17. The van der Waals surface area contributed by atoms with Gasteiger partial charge in [0.05, 0.1) is 13.2 Å². The molecule has 112 valence electrons. The Balaban J connectivity index is 2.25. The second-order valence-electron chi connectivity index (χ2n) is 4.55. The number of rotatable bonds is 5. The molecule has 1 unspecified atom stereocenters. The highest BCUT2D eigenvalue weighted by molar-refractivity contribution is 5.32. The van der Waals surface area contributed by atoms with E-state index in [0.717, 1.165) is 6.07 Å². The van der Waals surface area contributed by atoms with Crippen LogP contribution >= 0.6 is 0 Å². The van der Waals surface area contributed by atoms with Crippen molar-refractivity contribution < 1.29 is 17.9 Å². The average molecular weight is 296 g/mol. The summed E-state index contributed by atoms with van der Waals surface area (Å²) in [6.07, 6.45) is 0.161. The predicted molar refractivity (Wildman–Crippen MR) is 73.1 cm³/mol. The Kier molecular flexibility index (Phi) is 4.82. The van der Waals surface area contributed by atoms with Gasteiger partial charge in [0.15, 0.2) is 11.6 Å². The van der Waals surface area contributed by atoms with Crippen molar-refractivity contribution in [3.8, 4) is 5.75 Å². The number of methoxy groups -OCH3 is 1. The summed E-state index contributed by atoms with van der Waals surface area (Å²) in [5, 5.41) is 0. The Morgan fingerprint density at radius 1 is 1.10 bits per heavy atom. The van der Waals surface area contributed by atoms with Gasteiger partial charge in [-0.2, -0.15) is 0 Å². The second-order valence-corrected chi connectivity index (χ2v) is 4.55. The summed E-state index contributed by atoms with van der Waals surface area (Å²) in [6, 6.07) is 7.17. The van der Waals surface area contributed by atoms with Gasteiger partial charge in [0.25, 0.3) is 0 Å². The third-order valence-corrected chi connectivity index (χ3v) is 3.22. The first-order chi connectivity index (χ1) is 10.0. The number of hydrazine groups is 1. The van der Waals surface area contributed by atoms with E-state index in [1.54, 1.807) is 6.07 Å². The SMILES string of the molecule is COc1ccc(C(Cc2ccc(F)cc2F)NN)cc1F. The summed E-state index contributed by atoms with van der Waals surface area (Å²) in [5.41, 5.74) is 3.33. The molecule has 2 rings (SSSR count). The zero-order valence-electron chi connectivity index (χ0n) is 11.4. The summed E-state index contributed by atoms with van der Waals surface area (Å²) in [5.74, 6) is 3.72. The molecule has 3 N–H and O–H groups in total. The third kappa shape index (κ3) is 3.53. The molecule has 0 saturated carbocycles. The van der Waals surface area contributed by atoms with Gasteiger partial charge in [-0.05, 0) is 35.7 Å². The minimum absolute atomic E-state index is 0.113. The highest BCUT2D eigenvalue weighted by Crippen LogP contribution is 2.24. The molecule has 0 amide bonds. The van der Waals surface area contributed by atoms with Gasteiger partial charge in [-0.1, -0.05) is 12.1 Å². The zero-order chi connectivity index (χ0) is 15.4. The minimum atomic E-state index is -0.663. The molecule has 1 atom stereocenters. The molecule has 0 spiro atoms. The Labute approximate surface area is 120 Å². The first-order valence-corrected chi connectivity index (χ1v) is 6.28. The van der Waals surface area contributed by atoms with Gasteiger partial charge in [-0.3, -0.25) is 11.3 Å². The van der Waals surface area contributed by atoms with Crippen LogP contribution in [0.25, 0.3) is 0 Å². The molecular weight excluding hydrogens is 281 g/mol. The van der Waals surface area contributed by atoms with Gasteiger partial charge >= 0.3 is 0 Å². The molecule has 3 nitrogen and oxygen atoms in total. The van der Waals surface area contributed by atoms with Crippen LogP contribution < -0.4 is 16.0 Å². The molecule has 0 aliphatic rings. The molecule has 21 heavy (non-hydrogen) atoms. The van der Waals surface area contributed by atoms with E-state index in [-0.39, 0.29) is 17.7 Å². The normalized spacial score (nSPS) is 12.2. The Morgan fingerprint density at radius 3 is 2.43 bits per heavy atom. The first kappa shape index (κ1) is 15.3. The fraction of sp³-hybridized carbons (Fsp3) is 0.200. The van der Waals surface area contributed by atoms with Crippen molar-refractivity contribution in [3.05, 3.63) is 65.0 Å². The molecule has 2 aromatic carbocycles. The van der Waals surface area contributed by atoms with E-state index in [0.29, 0.717) is 5.56 Å². The second kappa shape index (κ2) is 6.60. The van der Waals surface area contributed by atoms with Gasteiger partial charge in [0, 0.05) is 6.07 Å². The highest BCUT2D eigenvalue weighted by Gasteiger charge is 2.15. The van der Waals surface area contributed by atoms with Gasteiger partial charge < -0.3 is 4.74 Å². The molecule has 0 aromatic heterocycles. The number of nitrogens with two attached hydrogens (primary N) is 1. The zero-order valence-corrected chi connectivity index (χ0v) is 11.4. The quantitative estimate of drug-likeness (QED) is 0.659. The van der Waals surface area contributed by atoms with E-state index in [1.807, 2.05) is 0 Å². The van der Waals surface area contributed by atoms with E-state index < -0.39 is 23.5 Å². The molecule has 0 saturated heterocycles. The monoisotopic (exact) mass is 296 g/mol. The predicted octanol–water partition coefficient (Wildman–Crippen LogP) is 2.86. The number of hydrogen-bond donors (Lipinski definition) is 2. The number of hydrogen-bond acceptors (Lipinski definition) is 3. The highest BCUT2D eigenvalue weighted by atomic mass is 19.1. The van der Waals surface area contributed by atoms with E-state index in [1.165, 1.54) is 31.4 Å². The average Bonchev–Trinajstić information content (AvgIpc) is 2.46. The lowest BCUT2D eigenvalue weighted by atomic mass is 9.98. The lowest BCUT2D eigenvalue weighted by molar-refractivity contribution is 0.385. The van der Waals surface area contributed by atoms with Gasteiger partial charge in [0.1, 0.15) is 11.6 Å². The number of nitrogens with one attached hydrogen (secondary N) is 1. The van der Waals surface area contributed by atoms with Crippen LogP contribution in [0.1, 0.15) is 17.2 Å². The third-order valence-electron chi connectivity index (χ3n) is 3.22. The first-order valence-electron chi connectivity index (χ1n) is 6.28. The van der Waals surface area contributed by atoms with E-state index in [2.05, 4.69) is 5.43 Å². The molecule has 0 bridgehead atoms. The van der Waals surface area contributed by atoms with Crippen LogP contribution in [-0.4, -0.2) is 7.11 Å². The molecule has 0 heterocycles. The van der Waals surface area contributed by atoms with Crippen LogP contribution in [0.5, 0.6) is 5.75 Å². The largest absolute Gasteiger partial charge is 0.494 e. The van der Waals surface area contributed by atoms with E-state index >= 15 is 0 Å². The number of ether oxygens (including phenoxy) is 1. The van der Waals surface area contributed by atoms with Gasteiger partial charge in [-0.15, -0.1) is 0 Å². The molecule has 0 aliphatic heterocycles. The lowest BCUT2D eigenvalue weighted by Crippen LogP contribution is -2.30. The maximum atomic E-state index is 13.7. The standard InChI is InChI=1S/C15H15F3N2O/c1-21-15-5-3-10(6-13(15)18)14(20-19)7-9-2-4-11(16)8-12(9)17/h2-6,8,14,20H,7,19H2,1H3. The molecular formula is C15H15F3N2O. The van der Waals surface area contributed by atoms with Gasteiger partial charge in [0.2, 0.25) is 0 Å². The number of benzene rings is 2. The van der Waals surface area contributed by atoms with Crippen LogP contribution in [-0.2, 0) is 6.42 Å². The fourth-order valence-electron chi connectivity index (χ4n) is 2.08. The van der Waals surface area contributed by atoms with Crippen molar-refractivity contribution in [1.82, 2.24) is 5.43 Å². The van der Waals surface area contributed by atoms with Crippen molar-refractivity contribution >= 4 is 0 Å². The minimum Gasteiger partial charge on any atom is -0.494 e. The summed E-state index contributed by atoms with van der Waals surface area (Å²) in [7, 11) is 1.37. The Bertz CT molecular complexity index is 634. The maximum absolute atomic E-state index is 13.7. The number of halogens is 3. The van der Waals surface area contributed by atoms with Crippen molar-refractivity contribution in [2.75, 3.05) is 7.11 Å². The van der Waals surface area contributed by atoms with Crippen LogP contribution in [0, 0.1) is 17.5 Å². The Hall–Kier alpha value is -2.05. The summed E-state index contributed by atoms with van der Waals surface area (Å²) in [6.45, 7) is 0. The molecule has 0 radical (unpaired) electrons. The van der Waals surface area contributed by atoms with Crippen molar-refractivity contribution in [2.24, 2.45) is 5.84 Å². The molecule has 2 aromatic rings. The van der Waals surface area contributed by atoms with Crippen LogP contribution in [0.15, 0.2) is 36.4 Å². The molecule has 0 fully saturated rings. The van der Waals surface area contributed by atoms with Crippen LogP contribution in [0.4, 0.5) is 13.2 Å². The summed E-state index contributed by atoms with van der Waals surface area (Å²) >= 11 is 0. The van der Waals surface area contributed by atoms with Gasteiger partial charge in [-0.25, -0.2) is 13.2 Å². The topological polar surface area (TPSA) is 47.3 Å². The molecule has 6 heteroatoms.